The fraction of sp³-hybridized carbons (Fsp3) is 0.333. The number of ketones is 2. The summed E-state index contributed by atoms with van der Waals surface area (Å²) in [6.07, 6.45) is 6.30. The molecular formula is C60H64F4N4O9S. The van der Waals surface area contributed by atoms with E-state index in [0.717, 1.165) is 87.0 Å². The maximum Gasteiger partial charge on any atom is 0.377 e. The summed E-state index contributed by atoms with van der Waals surface area (Å²) in [6, 6.07) is 32.2. The van der Waals surface area contributed by atoms with Gasteiger partial charge in [-0.3, -0.25) is 14.4 Å². The summed E-state index contributed by atoms with van der Waals surface area (Å²) in [7, 11) is 0. The number of rotatable bonds is 19. The molecule has 2 heterocycles. The molecule has 18 heteroatoms. The van der Waals surface area contributed by atoms with E-state index >= 15 is 0 Å². The summed E-state index contributed by atoms with van der Waals surface area (Å²) in [4.78, 5) is 52.0. The highest BCUT2D eigenvalue weighted by Crippen LogP contribution is 2.33. The van der Waals surface area contributed by atoms with Gasteiger partial charge in [0.1, 0.15) is 17.7 Å². The molecular weight excluding hydrogens is 1030 g/mol. The van der Waals surface area contributed by atoms with Gasteiger partial charge < -0.3 is 45.6 Å². The largest absolute Gasteiger partial charge is 0.487 e. The topological polar surface area (TPSA) is 192 Å². The highest BCUT2D eigenvalue weighted by molar-refractivity contribution is 7.59. The first kappa shape index (κ1) is 58.7. The van der Waals surface area contributed by atoms with E-state index in [4.69, 9.17) is 20.3 Å². The fourth-order valence-corrected chi connectivity index (χ4v) is 9.04. The van der Waals surface area contributed by atoms with Gasteiger partial charge in [0.05, 0.1) is 24.4 Å². The molecule has 6 N–H and O–H groups in total. The van der Waals surface area contributed by atoms with E-state index in [0.29, 0.717) is 24.2 Å². The number of aliphatic carboxylic acids is 1. The number of halogens is 4. The number of likely N-dealkylation sites (tertiary alicyclic amines) is 2. The number of hydrogen-bond donors (Lipinski definition) is 5. The number of ether oxygens (including phenoxy) is 2. The fourth-order valence-electron chi connectivity index (χ4n) is 9.04. The minimum atomic E-state index is -1.48. The average molecular weight is 1090 g/mol. The van der Waals surface area contributed by atoms with Crippen molar-refractivity contribution in [1.29, 1.82) is 0 Å². The molecule has 13 nitrogen and oxygen atoms in total. The summed E-state index contributed by atoms with van der Waals surface area (Å²) in [5.41, 5.74) is 10.3. The number of carboxylic acid groups (broad SMARTS) is 1. The Morgan fingerprint density at radius 3 is 1.29 bits per heavy atom. The van der Waals surface area contributed by atoms with E-state index in [1.165, 1.54) is 67.4 Å². The van der Waals surface area contributed by atoms with Gasteiger partial charge >= 0.3 is 5.97 Å². The third-order valence-corrected chi connectivity index (χ3v) is 13.7. The number of carbonyl (C=O) groups is 4. The van der Waals surface area contributed by atoms with Crippen molar-refractivity contribution < 1.29 is 61.5 Å². The maximum absolute atomic E-state index is 14.6. The van der Waals surface area contributed by atoms with Crippen LogP contribution in [-0.2, 0) is 9.59 Å². The Morgan fingerprint density at radius 2 is 0.910 bits per heavy atom. The van der Waals surface area contributed by atoms with Crippen LogP contribution in [-0.4, -0.2) is 112 Å². The van der Waals surface area contributed by atoms with Crippen LogP contribution in [0.3, 0.4) is 0 Å². The second-order valence-corrected chi connectivity index (χ2v) is 19.8. The number of nitrogens with zero attached hydrogens (tertiary/aromatic N) is 2. The number of aliphatic hydroxyl groups is 2. The lowest BCUT2D eigenvalue weighted by Gasteiger charge is -2.28. The molecule has 412 valence electrons. The van der Waals surface area contributed by atoms with Crippen molar-refractivity contribution in [2.24, 2.45) is 5.73 Å². The quantitative estimate of drug-likeness (QED) is 0.0294. The first-order valence-corrected chi connectivity index (χ1v) is 25.9. The first-order valence-electron chi connectivity index (χ1n) is 25.9. The summed E-state index contributed by atoms with van der Waals surface area (Å²) < 4.78 is 65.6. The van der Waals surface area contributed by atoms with Gasteiger partial charge in [-0.05, 0) is 159 Å². The van der Waals surface area contributed by atoms with Gasteiger partial charge in [-0.1, -0.05) is 84.9 Å². The van der Waals surface area contributed by atoms with Crippen LogP contribution >= 0.6 is 13.5 Å². The molecule has 2 saturated heterocycles. The van der Waals surface area contributed by atoms with Gasteiger partial charge in [0.15, 0.2) is 23.1 Å². The minimum Gasteiger partial charge on any atom is -0.487 e. The van der Waals surface area contributed by atoms with Crippen LogP contribution < -0.4 is 20.5 Å². The molecule has 6 aromatic rings. The predicted molar refractivity (Wildman–Crippen MR) is 292 cm³/mol. The molecule has 2 saturated carbocycles. The third kappa shape index (κ3) is 16.5. The molecule has 2 aliphatic heterocycles. The Hall–Kier alpha value is -6.93. The van der Waals surface area contributed by atoms with Crippen molar-refractivity contribution in [3.63, 3.8) is 0 Å². The number of nitrogens with one attached hydrogen (secondary N) is 1. The zero-order valence-corrected chi connectivity index (χ0v) is 43.8. The first-order chi connectivity index (χ1) is 37.1. The lowest BCUT2D eigenvalue weighted by molar-refractivity contribution is -0.131. The van der Waals surface area contributed by atoms with Gasteiger partial charge in [-0.25, -0.2) is 22.4 Å². The number of Topliss-reactive ketones (excluding diaryl/α,β-unsaturated/α-hetero) is 2. The third-order valence-electron chi connectivity index (χ3n) is 13.7. The maximum atomic E-state index is 14.6. The van der Waals surface area contributed by atoms with Crippen LogP contribution in [0.4, 0.5) is 17.6 Å². The van der Waals surface area contributed by atoms with Crippen molar-refractivity contribution >= 4 is 36.9 Å². The molecule has 0 bridgehead atoms. The Kier molecular flexibility index (Phi) is 20.8. The van der Waals surface area contributed by atoms with E-state index in [1.54, 1.807) is 78.9 Å². The number of carbonyl (C=O) groups excluding carboxylic acids is 3. The molecule has 10 rings (SSSR count). The summed E-state index contributed by atoms with van der Waals surface area (Å²) in [5, 5.41) is 32.7. The molecule has 1 amide bonds. The molecule has 0 aromatic heterocycles. The van der Waals surface area contributed by atoms with Crippen molar-refractivity contribution in [2.75, 3.05) is 39.3 Å². The average Bonchev–Trinajstić information content (AvgIpc) is 4.34. The monoisotopic (exact) mass is 1090 g/mol. The second kappa shape index (κ2) is 27.6. The van der Waals surface area contributed by atoms with Gasteiger partial charge in [-0.15, -0.1) is 0 Å². The lowest BCUT2D eigenvalue weighted by atomic mass is 9.99. The van der Waals surface area contributed by atoms with Crippen molar-refractivity contribution in [1.82, 2.24) is 15.1 Å². The van der Waals surface area contributed by atoms with E-state index < -0.39 is 59.4 Å². The number of hydrogen-bond acceptors (Lipinski definition) is 11. The molecule has 4 aliphatic rings. The van der Waals surface area contributed by atoms with Crippen LogP contribution in [0.2, 0.25) is 0 Å². The SMILES string of the molecule is N[C@H](CN1CCCC1)[C@H](O)c1ccc(OC2CC2)c(F)c1.O=C(N[C@H](CN1CCCC1)[C@H](O)c1ccc(OC2CC2)c(F)c1)C(=O)c1ccc(-c2ccc(F)cc2)cc1.O=C(O)C(=O)c1ccc(-c2ccc(F)cc2)cc1.S. The van der Waals surface area contributed by atoms with Crippen LogP contribution in [0.25, 0.3) is 22.3 Å². The second-order valence-electron chi connectivity index (χ2n) is 19.8. The van der Waals surface area contributed by atoms with Crippen LogP contribution in [0, 0.1) is 23.3 Å². The Morgan fingerprint density at radius 1 is 0.538 bits per heavy atom. The number of aliphatic hydroxyl groups excluding tert-OH is 2. The van der Waals surface area contributed by atoms with Crippen molar-refractivity contribution in [3.8, 4) is 33.8 Å². The summed E-state index contributed by atoms with van der Waals surface area (Å²) >= 11 is 0. The van der Waals surface area contributed by atoms with Crippen LogP contribution in [0.15, 0.2) is 133 Å². The van der Waals surface area contributed by atoms with Crippen molar-refractivity contribution in [2.45, 2.75) is 87.9 Å². The molecule has 4 fully saturated rings. The van der Waals surface area contributed by atoms with Crippen LogP contribution in [0.5, 0.6) is 11.5 Å². The summed E-state index contributed by atoms with van der Waals surface area (Å²) in [5.74, 6) is -5.27. The standard InChI is InChI=1S/C30H30F2N2O4.C16H23FN2O2.C14H9FO3.H2S/c31-23-10-7-20(8-11-23)19-3-5-21(6-4-19)29(36)30(37)33-26(18-34-15-1-2-16-34)28(35)22-9-14-27(25(32)17-22)38-24-12-13-24;17-13-9-11(3-6-15(13)21-12-4-5-12)16(20)14(18)10-19-7-1-2-8-19;15-12-7-5-10(6-8-12)9-1-3-11(4-2-9)13(16)14(17)18;/h3-11,14,17,24,26,28,35H,1-2,12-13,15-16,18H2,(H,33,37);3,6,9,12,14,16,20H,1-2,4-5,7-8,10,18H2;1-8H,(H,17,18);1H2/t26-,28-;14-,16-;;/m11../s1. The molecule has 0 unspecified atom stereocenters. The van der Waals surface area contributed by atoms with Gasteiger partial charge in [0.2, 0.25) is 5.78 Å². The number of benzene rings is 6. The Balaban J connectivity index is 0.000000186. The predicted octanol–water partition coefficient (Wildman–Crippen LogP) is 9.37. The smallest absolute Gasteiger partial charge is 0.377 e. The van der Waals surface area contributed by atoms with Gasteiger partial charge in [0, 0.05) is 30.3 Å². The van der Waals surface area contributed by atoms with E-state index in [1.807, 2.05) is 0 Å². The van der Waals surface area contributed by atoms with Crippen LogP contribution in [0.1, 0.15) is 95.4 Å². The van der Waals surface area contributed by atoms with E-state index in [-0.39, 0.29) is 60.0 Å². The summed E-state index contributed by atoms with van der Waals surface area (Å²) in [6.45, 7) is 4.67. The number of carboxylic acids is 1. The highest BCUT2D eigenvalue weighted by Gasteiger charge is 2.31. The zero-order chi connectivity index (χ0) is 54.6. The normalized spacial score (nSPS) is 16.7. The molecule has 4 atom stereocenters. The van der Waals surface area contributed by atoms with Gasteiger partial charge in [0.25, 0.3) is 11.7 Å². The molecule has 6 aromatic carbocycles. The number of amides is 1. The molecule has 2 aliphatic carbocycles. The van der Waals surface area contributed by atoms with E-state index in [9.17, 15) is 47.0 Å². The molecule has 0 spiro atoms. The lowest BCUT2D eigenvalue weighted by Crippen LogP contribution is -2.48. The molecule has 0 radical (unpaired) electrons. The number of nitrogens with two attached hydrogens (primary N) is 1. The van der Waals surface area contributed by atoms with Gasteiger partial charge in [-0.2, -0.15) is 13.5 Å². The van der Waals surface area contributed by atoms with E-state index in [2.05, 4.69) is 15.1 Å². The van der Waals surface area contributed by atoms with Crippen molar-refractivity contribution in [3.05, 3.63) is 179 Å². The Labute approximate surface area is 457 Å². The molecule has 78 heavy (non-hydrogen) atoms. The zero-order valence-electron chi connectivity index (χ0n) is 42.8. The highest BCUT2D eigenvalue weighted by atomic mass is 32.1. The minimum absolute atomic E-state index is 0. The Bertz CT molecular complexity index is 2970.